The monoisotopic (exact) mass is 356 g/mol. The van der Waals surface area contributed by atoms with Crippen LogP contribution in [0, 0.1) is 20.8 Å². The Labute approximate surface area is 132 Å². The molecule has 2 aromatic rings. The molecule has 0 bridgehead atoms. The van der Waals surface area contributed by atoms with E-state index in [1.54, 1.807) is 0 Å². The Bertz CT molecular complexity index is 620. The highest BCUT2D eigenvalue weighted by Crippen LogP contribution is 2.38. The number of hydrogen-bond donors (Lipinski definition) is 0. The van der Waals surface area contributed by atoms with Gasteiger partial charge in [-0.2, -0.15) is 0 Å². The van der Waals surface area contributed by atoms with Gasteiger partial charge in [-0.1, -0.05) is 57.3 Å². The Hall–Kier alpha value is -0.500. The fourth-order valence-corrected chi connectivity index (χ4v) is 3.53. The Morgan fingerprint density at radius 1 is 0.895 bits per heavy atom. The van der Waals surface area contributed by atoms with Crippen molar-refractivity contribution in [3.63, 3.8) is 0 Å². The summed E-state index contributed by atoms with van der Waals surface area (Å²) >= 11 is 16.1. The highest BCUT2D eigenvalue weighted by atomic mass is 79.9. The molecule has 0 saturated carbocycles. The maximum Gasteiger partial charge on any atom is 0.0650 e. The van der Waals surface area contributed by atoms with Crippen LogP contribution in [0.5, 0.6) is 0 Å². The lowest BCUT2D eigenvalue weighted by molar-refractivity contribution is 1.11. The van der Waals surface area contributed by atoms with Crippen LogP contribution in [0.15, 0.2) is 30.3 Å². The van der Waals surface area contributed by atoms with E-state index >= 15 is 0 Å². The lowest BCUT2D eigenvalue weighted by atomic mass is 9.96. The minimum Gasteiger partial charge on any atom is -0.0840 e. The summed E-state index contributed by atoms with van der Waals surface area (Å²) in [5.74, 6) is 0. The van der Waals surface area contributed by atoms with E-state index in [9.17, 15) is 0 Å². The number of rotatable bonds is 2. The zero-order valence-electron chi connectivity index (χ0n) is 11.1. The predicted octanol–water partition coefficient (Wildman–Crippen LogP) is 6.40. The number of alkyl halides is 1. The van der Waals surface area contributed by atoms with Crippen LogP contribution in [-0.4, -0.2) is 0 Å². The zero-order valence-corrected chi connectivity index (χ0v) is 14.2. The summed E-state index contributed by atoms with van der Waals surface area (Å²) in [6, 6.07) is 10.2. The Kier molecular flexibility index (Phi) is 4.60. The van der Waals surface area contributed by atoms with Gasteiger partial charge in [0.15, 0.2) is 0 Å². The van der Waals surface area contributed by atoms with Crippen LogP contribution in [-0.2, 0) is 0 Å². The Morgan fingerprint density at radius 3 is 2.26 bits per heavy atom. The van der Waals surface area contributed by atoms with Crippen molar-refractivity contribution in [3.8, 4) is 0 Å². The largest absolute Gasteiger partial charge is 0.0840 e. The normalized spacial score (nSPS) is 12.5. The minimum atomic E-state index is 0.127. The van der Waals surface area contributed by atoms with Crippen LogP contribution in [0.1, 0.15) is 32.6 Å². The zero-order chi connectivity index (χ0) is 14.2. The second-order valence-corrected chi connectivity index (χ2v) is 6.50. The number of halogens is 3. The molecule has 3 heteroatoms. The third kappa shape index (κ3) is 2.99. The van der Waals surface area contributed by atoms with Gasteiger partial charge >= 0.3 is 0 Å². The van der Waals surface area contributed by atoms with Gasteiger partial charge in [0.25, 0.3) is 0 Å². The third-order valence-corrected chi connectivity index (χ3v) is 5.21. The quantitative estimate of drug-likeness (QED) is 0.545. The van der Waals surface area contributed by atoms with E-state index in [1.165, 1.54) is 16.7 Å². The molecule has 19 heavy (non-hydrogen) atoms. The molecule has 100 valence electrons. The summed E-state index contributed by atoms with van der Waals surface area (Å²) in [5, 5.41) is 1.61. The summed E-state index contributed by atoms with van der Waals surface area (Å²) < 4.78 is 0. The molecule has 1 atom stereocenters. The van der Waals surface area contributed by atoms with Crippen molar-refractivity contribution in [2.75, 3.05) is 0 Å². The van der Waals surface area contributed by atoms with E-state index in [1.807, 2.05) is 32.0 Å². The van der Waals surface area contributed by atoms with Gasteiger partial charge in [0.2, 0.25) is 0 Å². The fourth-order valence-electron chi connectivity index (χ4n) is 2.14. The van der Waals surface area contributed by atoms with E-state index in [-0.39, 0.29) is 4.83 Å². The molecule has 0 amide bonds. The van der Waals surface area contributed by atoms with Crippen molar-refractivity contribution in [2.24, 2.45) is 0 Å². The van der Waals surface area contributed by atoms with Crippen LogP contribution in [0.4, 0.5) is 0 Å². The maximum atomic E-state index is 6.20. The molecule has 0 radical (unpaired) electrons. The van der Waals surface area contributed by atoms with Gasteiger partial charge in [-0.3, -0.25) is 0 Å². The molecule has 0 spiro atoms. The molecule has 0 nitrogen and oxygen atoms in total. The third-order valence-electron chi connectivity index (χ3n) is 3.40. The standard InChI is InChI=1S/C16H15BrCl2/c1-9-8-15(19)10(2)7-13(9)16(17)12-5-4-6-14(18)11(12)3/h4-8,16H,1-3H3. The van der Waals surface area contributed by atoms with Crippen molar-refractivity contribution in [2.45, 2.75) is 25.6 Å². The summed E-state index contributed by atoms with van der Waals surface area (Å²) in [4.78, 5) is 0.127. The van der Waals surface area contributed by atoms with Gasteiger partial charge in [0.05, 0.1) is 4.83 Å². The Morgan fingerprint density at radius 2 is 1.58 bits per heavy atom. The van der Waals surface area contributed by atoms with Crippen molar-refractivity contribution < 1.29 is 0 Å². The lowest BCUT2D eigenvalue weighted by Gasteiger charge is -2.18. The molecule has 2 aromatic carbocycles. The van der Waals surface area contributed by atoms with Crippen LogP contribution in [0.2, 0.25) is 10.0 Å². The second-order valence-electron chi connectivity index (χ2n) is 4.77. The SMILES string of the molecule is Cc1cc(C(Br)c2cccc(Cl)c2C)c(C)cc1Cl. The molecule has 0 aliphatic carbocycles. The fraction of sp³-hybridized carbons (Fsp3) is 0.250. The average molecular weight is 358 g/mol. The van der Waals surface area contributed by atoms with Gasteiger partial charge in [0.1, 0.15) is 0 Å². The highest BCUT2D eigenvalue weighted by molar-refractivity contribution is 9.09. The minimum absolute atomic E-state index is 0.127. The molecule has 0 saturated heterocycles. The van der Waals surface area contributed by atoms with Crippen LogP contribution < -0.4 is 0 Å². The lowest BCUT2D eigenvalue weighted by Crippen LogP contribution is -1.99. The molecule has 0 N–H and O–H groups in total. The molecule has 2 rings (SSSR count). The summed E-state index contributed by atoms with van der Waals surface area (Å²) in [6.07, 6.45) is 0. The first-order valence-electron chi connectivity index (χ1n) is 6.07. The molecule has 0 heterocycles. The van der Waals surface area contributed by atoms with Crippen LogP contribution in [0.25, 0.3) is 0 Å². The van der Waals surface area contributed by atoms with Gasteiger partial charge in [-0.05, 0) is 60.7 Å². The van der Waals surface area contributed by atoms with E-state index in [2.05, 4.69) is 35.0 Å². The van der Waals surface area contributed by atoms with E-state index < -0.39 is 0 Å². The van der Waals surface area contributed by atoms with Gasteiger partial charge in [-0.15, -0.1) is 0 Å². The summed E-state index contributed by atoms with van der Waals surface area (Å²) in [7, 11) is 0. The van der Waals surface area contributed by atoms with Crippen molar-refractivity contribution in [1.29, 1.82) is 0 Å². The smallest absolute Gasteiger partial charge is 0.0650 e. The van der Waals surface area contributed by atoms with Crippen LogP contribution in [0.3, 0.4) is 0 Å². The van der Waals surface area contributed by atoms with Gasteiger partial charge in [-0.25, -0.2) is 0 Å². The number of hydrogen-bond acceptors (Lipinski definition) is 0. The molecule has 0 fully saturated rings. The molecule has 0 aliphatic rings. The number of benzene rings is 2. The van der Waals surface area contributed by atoms with E-state index in [0.29, 0.717) is 0 Å². The van der Waals surface area contributed by atoms with E-state index in [0.717, 1.165) is 21.2 Å². The average Bonchev–Trinajstić information content (AvgIpc) is 2.36. The summed E-state index contributed by atoms with van der Waals surface area (Å²) in [5.41, 5.74) is 5.80. The number of aryl methyl sites for hydroxylation is 2. The molecule has 1 unspecified atom stereocenters. The predicted molar refractivity (Wildman–Crippen MR) is 87.9 cm³/mol. The molecular formula is C16H15BrCl2. The molecular weight excluding hydrogens is 343 g/mol. The first kappa shape index (κ1) is 14.9. The van der Waals surface area contributed by atoms with Crippen molar-refractivity contribution in [1.82, 2.24) is 0 Å². The topological polar surface area (TPSA) is 0 Å². The highest BCUT2D eigenvalue weighted by Gasteiger charge is 2.17. The first-order chi connectivity index (χ1) is 8.91. The maximum absolute atomic E-state index is 6.20. The van der Waals surface area contributed by atoms with E-state index in [4.69, 9.17) is 23.2 Å². The van der Waals surface area contributed by atoms with Crippen molar-refractivity contribution >= 4 is 39.1 Å². The first-order valence-corrected chi connectivity index (χ1v) is 7.74. The molecule has 0 aromatic heterocycles. The second kappa shape index (κ2) is 5.87. The van der Waals surface area contributed by atoms with Gasteiger partial charge in [0, 0.05) is 10.0 Å². The van der Waals surface area contributed by atoms with Gasteiger partial charge < -0.3 is 0 Å². The summed E-state index contributed by atoms with van der Waals surface area (Å²) in [6.45, 7) is 6.15. The Balaban J connectivity index is 2.53. The molecule has 0 aliphatic heterocycles. The van der Waals surface area contributed by atoms with Crippen molar-refractivity contribution in [3.05, 3.63) is 68.2 Å². The van der Waals surface area contributed by atoms with Crippen LogP contribution >= 0.6 is 39.1 Å².